The van der Waals surface area contributed by atoms with E-state index in [2.05, 4.69) is 6.92 Å². The molecule has 0 aromatic heterocycles. The van der Waals surface area contributed by atoms with Crippen LogP contribution in [-0.2, 0) is 4.74 Å². The van der Waals surface area contributed by atoms with Crippen LogP contribution in [0.15, 0.2) is 11.8 Å². The van der Waals surface area contributed by atoms with E-state index in [4.69, 9.17) is 10.5 Å². The minimum Gasteiger partial charge on any atom is -0.405 e. The van der Waals surface area contributed by atoms with Crippen LogP contribution in [0.4, 0.5) is 0 Å². The normalized spacial score (nSPS) is 12.0. The maximum Gasteiger partial charge on any atom is 0.0689 e. The lowest BCUT2D eigenvalue weighted by Gasteiger charge is -2.02. The molecule has 0 saturated heterocycles. The number of unbranched alkanes of at least 4 members (excludes halogenated alkanes) is 1. The molecule has 10 heavy (non-hydrogen) atoms. The number of hydrogen-bond donors (Lipinski definition) is 1. The van der Waals surface area contributed by atoms with Gasteiger partial charge in [-0.3, -0.25) is 0 Å². The predicted octanol–water partition coefficient (Wildman–Crippen LogP) is 1.67. The molecule has 2 N–H and O–H groups in total. The second-order valence-electron chi connectivity index (χ2n) is 2.36. The number of ether oxygens (including phenoxy) is 1. The van der Waals surface area contributed by atoms with Crippen molar-refractivity contribution >= 4 is 0 Å². The number of rotatable bonds is 5. The summed E-state index contributed by atoms with van der Waals surface area (Å²) >= 11 is 0. The fourth-order valence-corrected chi connectivity index (χ4v) is 0.793. The van der Waals surface area contributed by atoms with Gasteiger partial charge < -0.3 is 10.5 Å². The van der Waals surface area contributed by atoms with Crippen LogP contribution in [0.1, 0.15) is 26.2 Å². The first-order valence-corrected chi connectivity index (χ1v) is 3.73. The molecule has 0 rings (SSSR count). The highest BCUT2D eigenvalue weighted by molar-refractivity contribution is 4.99. The molecule has 0 saturated carbocycles. The van der Waals surface area contributed by atoms with Gasteiger partial charge in [0.2, 0.25) is 0 Å². The average Bonchev–Trinajstić information content (AvgIpc) is 1.98. The largest absolute Gasteiger partial charge is 0.405 e. The molecule has 0 unspecified atom stereocenters. The molecular weight excluding hydrogens is 126 g/mol. The number of methoxy groups -OCH3 is 1. The minimum atomic E-state index is 0.677. The molecule has 0 spiro atoms. The van der Waals surface area contributed by atoms with Gasteiger partial charge >= 0.3 is 0 Å². The van der Waals surface area contributed by atoms with Gasteiger partial charge in [-0.2, -0.15) is 0 Å². The number of hydrogen-bond acceptors (Lipinski definition) is 2. The Morgan fingerprint density at radius 1 is 1.60 bits per heavy atom. The summed E-state index contributed by atoms with van der Waals surface area (Å²) in [6, 6.07) is 0. The lowest BCUT2D eigenvalue weighted by molar-refractivity contribution is 0.222. The topological polar surface area (TPSA) is 35.2 Å². The number of nitrogens with two attached hydrogens (primary N) is 1. The maximum absolute atomic E-state index is 5.36. The van der Waals surface area contributed by atoms with Gasteiger partial charge in [0, 0.05) is 7.11 Å². The molecule has 0 aliphatic heterocycles. The zero-order valence-corrected chi connectivity index (χ0v) is 6.89. The highest BCUT2D eigenvalue weighted by atomic mass is 16.5. The van der Waals surface area contributed by atoms with Crippen molar-refractivity contribution in [3.05, 3.63) is 11.8 Å². The Kier molecular flexibility index (Phi) is 6.29. The molecule has 60 valence electrons. The van der Waals surface area contributed by atoms with Gasteiger partial charge in [0.1, 0.15) is 0 Å². The van der Waals surface area contributed by atoms with E-state index in [1.807, 2.05) is 0 Å². The molecule has 0 aromatic carbocycles. The average molecular weight is 143 g/mol. The van der Waals surface area contributed by atoms with Crippen LogP contribution in [0.25, 0.3) is 0 Å². The second-order valence-corrected chi connectivity index (χ2v) is 2.36. The third kappa shape index (κ3) is 4.39. The van der Waals surface area contributed by atoms with Crippen molar-refractivity contribution in [1.82, 2.24) is 0 Å². The van der Waals surface area contributed by atoms with Crippen molar-refractivity contribution in [2.75, 3.05) is 13.7 Å². The van der Waals surface area contributed by atoms with Crippen LogP contribution in [0, 0.1) is 0 Å². The predicted molar refractivity (Wildman–Crippen MR) is 43.7 cm³/mol. The summed E-state index contributed by atoms with van der Waals surface area (Å²) in [6.45, 7) is 2.84. The summed E-state index contributed by atoms with van der Waals surface area (Å²) in [6.07, 6.45) is 5.13. The van der Waals surface area contributed by atoms with E-state index in [1.165, 1.54) is 18.4 Å². The molecule has 0 atom stereocenters. The van der Waals surface area contributed by atoms with Crippen LogP contribution in [-0.4, -0.2) is 13.7 Å². The Bertz CT molecular complexity index is 99.4. The first-order valence-electron chi connectivity index (χ1n) is 3.73. The van der Waals surface area contributed by atoms with Crippen LogP contribution in [0.2, 0.25) is 0 Å². The Balaban J connectivity index is 3.41. The van der Waals surface area contributed by atoms with Gasteiger partial charge in [-0.05, 0) is 24.6 Å². The van der Waals surface area contributed by atoms with E-state index in [0.717, 1.165) is 6.42 Å². The van der Waals surface area contributed by atoms with E-state index < -0.39 is 0 Å². The monoisotopic (exact) mass is 143 g/mol. The Morgan fingerprint density at radius 3 is 2.70 bits per heavy atom. The fourth-order valence-electron chi connectivity index (χ4n) is 0.793. The lowest BCUT2D eigenvalue weighted by Crippen LogP contribution is -1.97. The van der Waals surface area contributed by atoms with Crippen LogP contribution < -0.4 is 5.73 Å². The van der Waals surface area contributed by atoms with E-state index in [1.54, 1.807) is 13.3 Å². The van der Waals surface area contributed by atoms with Crippen molar-refractivity contribution < 1.29 is 4.74 Å². The lowest BCUT2D eigenvalue weighted by atomic mass is 10.1. The first kappa shape index (κ1) is 9.50. The zero-order chi connectivity index (χ0) is 7.82. The summed E-state index contributed by atoms with van der Waals surface area (Å²) in [4.78, 5) is 0. The quantitative estimate of drug-likeness (QED) is 0.635. The third-order valence-electron chi connectivity index (χ3n) is 1.42. The molecular formula is C8H17NO. The Labute approximate surface area is 63.1 Å². The van der Waals surface area contributed by atoms with E-state index >= 15 is 0 Å². The van der Waals surface area contributed by atoms with Crippen molar-refractivity contribution in [3.8, 4) is 0 Å². The van der Waals surface area contributed by atoms with Crippen molar-refractivity contribution in [1.29, 1.82) is 0 Å². The summed E-state index contributed by atoms with van der Waals surface area (Å²) in [5, 5.41) is 0. The van der Waals surface area contributed by atoms with Crippen molar-refractivity contribution in [2.45, 2.75) is 26.2 Å². The smallest absolute Gasteiger partial charge is 0.0689 e. The van der Waals surface area contributed by atoms with Gasteiger partial charge in [-0.25, -0.2) is 0 Å². The summed E-state index contributed by atoms with van der Waals surface area (Å²) in [7, 11) is 1.69. The summed E-state index contributed by atoms with van der Waals surface area (Å²) in [5.41, 5.74) is 6.56. The van der Waals surface area contributed by atoms with Gasteiger partial charge in [-0.15, -0.1) is 0 Å². The molecule has 0 aromatic rings. The zero-order valence-electron chi connectivity index (χ0n) is 6.89. The summed E-state index contributed by atoms with van der Waals surface area (Å²) in [5.74, 6) is 0. The maximum atomic E-state index is 5.36. The van der Waals surface area contributed by atoms with Crippen molar-refractivity contribution in [2.24, 2.45) is 5.73 Å². The summed E-state index contributed by atoms with van der Waals surface area (Å²) < 4.78 is 4.94. The van der Waals surface area contributed by atoms with Gasteiger partial charge in [0.25, 0.3) is 0 Å². The highest BCUT2D eigenvalue weighted by Gasteiger charge is 1.93. The van der Waals surface area contributed by atoms with Crippen LogP contribution in [0.5, 0.6) is 0 Å². The molecule has 0 aliphatic carbocycles. The minimum absolute atomic E-state index is 0.677. The van der Waals surface area contributed by atoms with Crippen LogP contribution >= 0.6 is 0 Å². The SMILES string of the molecule is CCCC/C(=C\N)COC. The van der Waals surface area contributed by atoms with Crippen molar-refractivity contribution in [3.63, 3.8) is 0 Å². The van der Waals surface area contributed by atoms with Crippen LogP contribution in [0.3, 0.4) is 0 Å². The highest BCUT2D eigenvalue weighted by Crippen LogP contribution is 2.05. The fraction of sp³-hybridized carbons (Fsp3) is 0.750. The Morgan fingerprint density at radius 2 is 2.30 bits per heavy atom. The van der Waals surface area contributed by atoms with Gasteiger partial charge in [0.05, 0.1) is 6.61 Å². The first-order chi connectivity index (χ1) is 4.85. The molecule has 0 fully saturated rings. The van der Waals surface area contributed by atoms with E-state index in [-0.39, 0.29) is 0 Å². The molecule has 0 aliphatic rings. The molecule has 2 nitrogen and oxygen atoms in total. The van der Waals surface area contributed by atoms with E-state index in [9.17, 15) is 0 Å². The van der Waals surface area contributed by atoms with Gasteiger partial charge in [-0.1, -0.05) is 13.3 Å². The molecule has 0 bridgehead atoms. The molecule has 0 radical (unpaired) electrons. The van der Waals surface area contributed by atoms with E-state index in [0.29, 0.717) is 6.61 Å². The second kappa shape index (κ2) is 6.62. The third-order valence-corrected chi connectivity index (χ3v) is 1.42. The van der Waals surface area contributed by atoms with Gasteiger partial charge in [0.15, 0.2) is 0 Å². The Hall–Kier alpha value is -0.500. The molecule has 0 amide bonds. The molecule has 0 heterocycles. The molecule has 2 heteroatoms. The standard InChI is InChI=1S/C8H17NO/c1-3-4-5-8(6-9)7-10-2/h6H,3-5,7,9H2,1-2H3/b8-6+.